The van der Waals surface area contributed by atoms with E-state index in [1.165, 1.54) is 4.90 Å². The van der Waals surface area contributed by atoms with Crippen LogP contribution in [0.1, 0.15) is 25.5 Å². The molecule has 0 aromatic heterocycles. The number of halogens is 2. The van der Waals surface area contributed by atoms with Crippen LogP contribution in [-0.4, -0.2) is 36.5 Å². The average Bonchev–Trinajstić information content (AvgIpc) is 2.44. The number of likely N-dealkylation sites (N-methyl/N-ethyl adjacent to an activating group) is 1. The summed E-state index contributed by atoms with van der Waals surface area (Å²) in [4.78, 5) is 25.1. The molecular weight excluding hydrogens is 315 g/mol. The van der Waals surface area contributed by atoms with Gasteiger partial charge in [0, 0.05) is 17.1 Å². The van der Waals surface area contributed by atoms with Crippen molar-refractivity contribution in [2.24, 2.45) is 5.73 Å². The summed E-state index contributed by atoms with van der Waals surface area (Å²) in [6.45, 7) is 3.60. The first kappa shape index (κ1) is 17.8. The third-order valence-electron chi connectivity index (χ3n) is 3.15. The SMILES string of the molecule is CCOC(=O)C(N)C(=O)N(C)C(C)c1ccc(Cl)cc1Cl. The predicted octanol–water partition coefficient (Wildman–Crippen LogP) is 2.40. The number of amides is 1. The highest BCUT2D eigenvalue weighted by molar-refractivity contribution is 6.35. The molecule has 0 saturated heterocycles. The number of hydrogen-bond donors (Lipinski definition) is 1. The topological polar surface area (TPSA) is 72.6 Å². The van der Waals surface area contributed by atoms with Crippen LogP contribution in [-0.2, 0) is 14.3 Å². The number of nitrogens with two attached hydrogens (primary N) is 1. The minimum atomic E-state index is -1.34. The zero-order valence-electron chi connectivity index (χ0n) is 12.1. The lowest BCUT2D eigenvalue weighted by Gasteiger charge is -2.27. The molecule has 7 heteroatoms. The van der Waals surface area contributed by atoms with Crippen molar-refractivity contribution in [1.82, 2.24) is 4.90 Å². The summed E-state index contributed by atoms with van der Waals surface area (Å²) >= 11 is 12.0. The van der Waals surface area contributed by atoms with Crippen LogP contribution in [0.4, 0.5) is 0 Å². The number of ether oxygens (including phenoxy) is 1. The summed E-state index contributed by atoms with van der Waals surface area (Å²) in [5.74, 6) is -1.28. The smallest absolute Gasteiger partial charge is 0.332 e. The number of hydrogen-bond acceptors (Lipinski definition) is 4. The molecule has 0 heterocycles. The highest BCUT2D eigenvalue weighted by Crippen LogP contribution is 2.29. The molecule has 0 fully saturated rings. The Balaban J connectivity index is 2.88. The first-order valence-electron chi connectivity index (χ1n) is 6.43. The molecule has 0 aliphatic heterocycles. The van der Waals surface area contributed by atoms with Gasteiger partial charge in [-0.1, -0.05) is 29.3 Å². The van der Waals surface area contributed by atoms with Crippen LogP contribution in [0, 0.1) is 0 Å². The second kappa shape index (κ2) is 7.64. The monoisotopic (exact) mass is 332 g/mol. The molecule has 1 amide bonds. The van der Waals surface area contributed by atoms with Crippen LogP contribution in [0.2, 0.25) is 10.0 Å². The van der Waals surface area contributed by atoms with Crippen molar-refractivity contribution in [1.29, 1.82) is 0 Å². The predicted molar refractivity (Wildman–Crippen MR) is 82.3 cm³/mol. The summed E-state index contributed by atoms with van der Waals surface area (Å²) < 4.78 is 4.74. The van der Waals surface area contributed by atoms with Gasteiger partial charge in [-0.15, -0.1) is 0 Å². The maximum absolute atomic E-state index is 12.2. The van der Waals surface area contributed by atoms with Gasteiger partial charge in [-0.05, 0) is 31.5 Å². The lowest BCUT2D eigenvalue weighted by atomic mass is 10.1. The van der Waals surface area contributed by atoms with Gasteiger partial charge in [0.15, 0.2) is 6.04 Å². The molecule has 116 valence electrons. The van der Waals surface area contributed by atoms with E-state index in [0.717, 1.165) is 0 Å². The molecular formula is C14H18Cl2N2O3. The van der Waals surface area contributed by atoms with Crippen molar-refractivity contribution < 1.29 is 14.3 Å². The zero-order valence-corrected chi connectivity index (χ0v) is 13.6. The number of carbonyl (C=O) groups is 2. The zero-order chi connectivity index (χ0) is 16.2. The molecule has 2 atom stereocenters. The molecule has 1 rings (SSSR count). The van der Waals surface area contributed by atoms with E-state index in [4.69, 9.17) is 33.7 Å². The van der Waals surface area contributed by atoms with Crippen LogP contribution in [0.15, 0.2) is 18.2 Å². The van der Waals surface area contributed by atoms with Crippen molar-refractivity contribution in [2.75, 3.05) is 13.7 Å². The van der Waals surface area contributed by atoms with E-state index >= 15 is 0 Å². The van der Waals surface area contributed by atoms with Gasteiger partial charge in [0.25, 0.3) is 5.91 Å². The first-order chi connectivity index (χ1) is 9.79. The van der Waals surface area contributed by atoms with E-state index in [1.54, 1.807) is 39.1 Å². The largest absolute Gasteiger partial charge is 0.464 e. The lowest BCUT2D eigenvalue weighted by Crippen LogP contribution is -2.48. The standard InChI is InChI=1S/C14H18Cl2N2O3/c1-4-21-14(20)12(17)13(19)18(3)8(2)10-6-5-9(15)7-11(10)16/h5-8,12H,4,17H2,1-3H3. The summed E-state index contributed by atoms with van der Waals surface area (Å²) in [5.41, 5.74) is 6.32. The van der Waals surface area contributed by atoms with Crippen LogP contribution >= 0.6 is 23.2 Å². The van der Waals surface area contributed by atoms with Crippen molar-refractivity contribution in [3.05, 3.63) is 33.8 Å². The minimum absolute atomic E-state index is 0.169. The average molecular weight is 333 g/mol. The summed E-state index contributed by atoms with van der Waals surface area (Å²) in [6.07, 6.45) is 0. The molecule has 0 spiro atoms. The Morgan fingerprint density at radius 3 is 2.52 bits per heavy atom. The van der Waals surface area contributed by atoms with Crippen LogP contribution in [0.5, 0.6) is 0 Å². The second-order valence-corrected chi connectivity index (χ2v) is 5.36. The molecule has 1 aromatic rings. The van der Waals surface area contributed by atoms with Crippen LogP contribution < -0.4 is 5.73 Å². The normalized spacial score (nSPS) is 13.4. The quantitative estimate of drug-likeness (QED) is 0.663. The number of nitrogens with zero attached hydrogens (tertiary/aromatic N) is 1. The molecule has 0 bridgehead atoms. The Labute approximate surface area is 133 Å². The van der Waals surface area contributed by atoms with Gasteiger partial charge < -0.3 is 15.4 Å². The molecule has 1 aromatic carbocycles. The molecule has 0 aliphatic rings. The molecule has 2 unspecified atom stereocenters. The summed E-state index contributed by atoms with van der Waals surface area (Å²) in [5, 5.41) is 0.951. The third-order valence-corrected chi connectivity index (χ3v) is 3.71. The van der Waals surface area contributed by atoms with E-state index in [2.05, 4.69) is 0 Å². The number of rotatable bonds is 5. The van der Waals surface area contributed by atoms with Crippen LogP contribution in [0.3, 0.4) is 0 Å². The van der Waals surface area contributed by atoms with Crippen molar-refractivity contribution in [3.8, 4) is 0 Å². The fourth-order valence-corrected chi connectivity index (χ4v) is 2.36. The Kier molecular flexibility index (Phi) is 6.45. The molecule has 2 N–H and O–H groups in total. The van der Waals surface area contributed by atoms with E-state index < -0.39 is 17.9 Å². The van der Waals surface area contributed by atoms with Crippen molar-refractivity contribution in [3.63, 3.8) is 0 Å². The lowest BCUT2D eigenvalue weighted by molar-refractivity contribution is -0.151. The Morgan fingerprint density at radius 1 is 1.38 bits per heavy atom. The van der Waals surface area contributed by atoms with E-state index in [0.29, 0.717) is 15.6 Å². The highest BCUT2D eigenvalue weighted by Gasteiger charge is 2.29. The maximum Gasteiger partial charge on any atom is 0.332 e. The Morgan fingerprint density at radius 2 is 2.00 bits per heavy atom. The maximum atomic E-state index is 12.2. The van der Waals surface area contributed by atoms with Gasteiger partial charge in [-0.2, -0.15) is 0 Å². The minimum Gasteiger partial charge on any atom is -0.464 e. The molecule has 5 nitrogen and oxygen atoms in total. The number of carbonyl (C=O) groups excluding carboxylic acids is 2. The first-order valence-corrected chi connectivity index (χ1v) is 7.19. The fraction of sp³-hybridized carbons (Fsp3) is 0.429. The second-order valence-electron chi connectivity index (χ2n) is 4.52. The third kappa shape index (κ3) is 4.33. The molecule has 0 radical (unpaired) electrons. The Hall–Kier alpha value is -1.30. The van der Waals surface area contributed by atoms with E-state index in [-0.39, 0.29) is 12.6 Å². The van der Waals surface area contributed by atoms with Gasteiger partial charge in [0.1, 0.15) is 0 Å². The van der Waals surface area contributed by atoms with Gasteiger partial charge in [0.05, 0.1) is 12.6 Å². The van der Waals surface area contributed by atoms with Gasteiger partial charge >= 0.3 is 5.97 Å². The fourth-order valence-electron chi connectivity index (χ4n) is 1.79. The van der Waals surface area contributed by atoms with Crippen molar-refractivity contribution in [2.45, 2.75) is 25.9 Å². The molecule has 0 aliphatic carbocycles. The summed E-state index contributed by atoms with van der Waals surface area (Å²) in [7, 11) is 1.55. The van der Waals surface area contributed by atoms with Crippen molar-refractivity contribution >= 4 is 35.1 Å². The molecule has 21 heavy (non-hydrogen) atoms. The van der Waals surface area contributed by atoms with E-state index in [1.807, 2.05) is 0 Å². The Bertz CT molecular complexity index is 537. The van der Waals surface area contributed by atoms with Gasteiger partial charge in [-0.3, -0.25) is 4.79 Å². The van der Waals surface area contributed by atoms with E-state index in [9.17, 15) is 9.59 Å². The highest BCUT2D eigenvalue weighted by atomic mass is 35.5. The van der Waals surface area contributed by atoms with Gasteiger partial charge in [-0.25, -0.2) is 4.79 Å². The number of benzene rings is 1. The van der Waals surface area contributed by atoms with Crippen LogP contribution in [0.25, 0.3) is 0 Å². The summed E-state index contributed by atoms with van der Waals surface area (Å²) in [6, 6.07) is 3.31. The number of esters is 1. The molecule has 0 saturated carbocycles. The van der Waals surface area contributed by atoms with Gasteiger partial charge in [0.2, 0.25) is 0 Å².